The van der Waals surface area contributed by atoms with Crippen molar-refractivity contribution < 1.29 is 4.79 Å². The van der Waals surface area contributed by atoms with Gasteiger partial charge in [0.25, 0.3) is 0 Å². The fraction of sp³-hybridized carbons (Fsp3) is 0.667. The van der Waals surface area contributed by atoms with Crippen molar-refractivity contribution in [2.45, 2.75) is 38.3 Å². The minimum absolute atomic E-state index is 0.0610. The highest BCUT2D eigenvalue weighted by molar-refractivity contribution is 5.75. The number of rotatable bonds is 5. The smallest absolute Gasteiger partial charge is 0.328 e. The molecule has 0 unspecified atom stereocenters. The third-order valence-electron chi connectivity index (χ3n) is 3.41. The molecule has 0 aromatic carbocycles. The van der Waals surface area contributed by atoms with Gasteiger partial charge in [-0.1, -0.05) is 0 Å². The van der Waals surface area contributed by atoms with E-state index in [0.717, 1.165) is 19.4 Å². The van der Waals surface area contributed by atoms with Crippen LogP contribution in [0, 0.1) is 5.92 Å². The van der Waals surface area contributed by atoms with E-state index in [1.54, 1.807) is 17.0 Å². The molecule has 0 spiro atoms. The van der Waals surface area contributed by atoms with Gasteiger partial charge in [-0.15, -0.1) is 0 Å². The van der Waals surface area contributed by atoms with Gasteiger partial charge >= 0.3 is 5.69 Å². The first-order chi connectivity index (χ1) is 8.24. The standard InChI is InChI=1S/C12H17N3O2/c16-11(13-7-9-1-2-9)8-14-5-6-15(12(14)17)10-3-4-10/h5-6,9-10H,1-4,7-8H2,(H,13,16). The van der Waals surface area contributed by atoms with E-state index >= 15 is 0 Å². The van der Waals surface area contributed by atoms with Crippen LogP contribution in [0.3, 0.4) is 0 Å². The molecule has 0 saturated heterocycles. The molecule has 0 aliphatic heterocycles. The van der Waals surface area contributed by atoms with E-state index in [9.17, 15) is 9.59 Å². The second-order valence-electron chi connectivity index (χ2n) is 5.09. The van der Waals surface area contributed by atoms with Gasteiger partial charge in [0.05, 0.1) is 0 Å². The number of hydrogen-bond acceptors (Lipinski definition) is 2. The summed E-state index contributed by atoms with van der Waals surface area (Å²) in [6.45, 7) is 0.905. The maximum atomic E-state index is 11.9. The number of carbonyl (C=O) groups is 1. The van der Waals surface area contributed by atoms with Crippen molar-refractivity contribution in [1.82, 2.24) is 14.5 Å². The number of aromatic nitrogens is 2. The van der Waals surface area contributed by atoms with Crippen LogP contribution >= 0.6 is 0 Å². The highest BCUT2D eigenvalue weighted by Crippen LogP contribution is 2.33. The number of imidazole rings is 1. The SMILES string of the molecule is O=C(Cn1ccn(C2CC2)c1=O)NCC1CC1. The van der Waals surface area contributed by atoms with Crippen molar-refractivity contribution in [3.63, 3.8) is 0 Å². The molecular weight excluding hydrogens is 218 g/mol. The zero-order chi connectivity index (χ0) is 11.8. The maximum Gasteiger partial charge on any atom is 0.328 e. The van der Waals surface area contributed by atoms with Crippen molar-refractivity contribution in [3.8, 4) is 0 Å². The fourth-order valence-electron chi connectivity index (χ4n) is 1.97. The third kappa shape index (κ3) is 2.43. The predicted octanol–water partition coefficient (Wildman–Crippen LogP) is 0.511. The number of amides is 1. The number of nitrogens with zero attached hydrogens (tertiary/aromatic N) is 2. The first kappa shape index (κ1) is 10.6. The normalized spacial score (nSPS) is 19.3. The molecule has 0 bridgehead atoms. The van der Waals surface area contributed by atoms with E-state index in [-0.39, 0.29) is 18.1 Å². The van der Waals surface area contributed by atoms with Crippen LogP contribution in [0.5, 0.6) is 0 Å². The molecule has 3 rings (SSSR count). The largest absolute Gasteiger partial charge is 0.354 e. The molecule has 2 fully saturated rings. The molecule has 0 radical (unpaired) electrons. The molecule has 2 aliphatic carbocycles. The lowest BCUT2D eigenvalue weighted by atomic mass is 10.4. The Labute approximate surface area is 99.4 Å². The van der Waals surface area contributed by atoms with Crippen molar-refractivity contribution in [3.05, 3.63) is 22.9 Å². The van der Waals surface area contributed by atoms with Crippen molar-refractivity contribution in [2.75, 3.05) is 6.54 Å². The Balaban J connectivity index is 1.59. The van der Waals surface area contributed by atoms with Crippen LogP contribution < -0.4 is 11.0 Å². The molecule has 2 aliphatic rings. The third-order valence-corrected chi connectivity index (χ3v) is 3.41. The van der Waals surface area contributed by atoms with Crippen LogP contribution in [0.15, 0.2) is 17.2 Å². The Morgan fingerprint density at radius 1 is 1.29 bits per heavy atom. The lowest BCUT2D eigenvalue weighted by Gasteiger charge is -2.04. The molecule has 2 saturated carbocycles. The van der Waals surface area contributed by atoms with E-state index in [1.807, 2.05) is 0 Å². The molecular formula is C12H17N3O2. The minimum Gasteiger partial charge on any atom is -0.354 e. The Hall–Kier alpha value is -1.52. The van der Waals surface area contributed by atoms with Gasteiger partial charge in [-0.25, -0.2) is 4.79 Å². The minimum atomic E-state index is -0.0625. The molecule has 1 amide bonds. The number of nitrogens with one attached hydrogen (secondary N) is 1. The van der Waals surface area contributed by atoms with Crippen molar-refractivity contribution in [2.24, 2.45) is 5.92 Å². The highest BCUT2D eigenvalue weighted by Gasteiger charge is 2.26. The topological polar surface area (TPSA) is 56.0 Å². The second-order valence-corrected chi connectivity index (χ2v) is 5.09. The zero-order valence-corrected chi connectivity index (χ0v) is 9.76. The van der Waals surface area contributed by atoms with Crippen LogP contribution in [-0.2, 0) is 11.3 Å². The van der Waals surface area contributed by atoms with E-state index in [4.69, 9.17) is 0 Å². The molecule has 1 heterocycles. The van der Waals surface area contributed by atoms with E-state index in [0.29, 0.717) is 12.0 Å². The lowest BCUT2D eigenvalue weighted by Crippen LogP contribution is -2.33. The van der Waals surface area contributed by atoms with Crippen LogP contribution in [0.25, 0.3) is 0 Å². The molecule has 0 atom stereocenters. The first-order valence-electron chi connectivity index (χ1n) is 6.28. The molecule has 5 heteroatoms. The Morgan fingerprint density at radius 3 is 2.71 bits per heavy atom. The Kier molecular flexibility index (Phi) is 2.53. The molecule has 92 valence electrons. The second kappa shape index (κ2) is 4.05. The maximum absolute atomic E-state index is 11.9. The summed E-state index contributed by atoms with van der Waals surface area (Å²) in [6.07, 6.45) is 8.09. The summed E-state index contributed by atoms with van der Waals surface area (Å²) in [5.41, 5.74) is -0.0610. The predicted molar refractivity (Wildman–Crippen MR) is 62.7 cm³/mol. The summed E-state index contributed by atoms with van der Waals surface area (Å²) in [6, 6.07) is 0.373. The van der Waals surface area contributed by atoms with Gasteiger partial charge in [0.2, 0.25) is 5.91 Å². The average molecular weight is 235 g/mol. The van der Waals surface area contributed by atoms with Crippen LogP contribution in [0.2, 0.25) is 0 Å². The molecule has 5 nitrogen and oxygen atoms in total. The van der Waals surface area contributed by atoms with Gasteiger partial charge in [0, 0.05) is 25.0 Å². The quantitative estimate of drug-likeness (QED) is 0.808. The van der Waals surface area contributed by atoms with E-state index < -0.39 is 0 Å². The van der Waals surface area contributed by atoms with Crippen LogP contribution in [0.1, 0.15) is 31.7 Å². The summed E-state index contributed by atoms with van der Waals surface area (Å²) < 4.78 is 3.22. The van der Waals surface area contributed by atoms with Crippen LogP contribution in [0.4, 0.5) is 0 Å². The number of carbonyl (C=O) groups excluding carboxylic acids is 1. The zero-order valence-electron chi connectivity index (χ0n) is 9.76. The van der Waals surface area contributed by atoms with Gasteiger partial charge in [0.15, 0.2) is 0 Å². The van der Waals surface area contributed by atoms with Gasteiger partial charge < -0.3 is 5.32 Å². The Bertz CT molecular complexity index is 480. The first-order valence-corrected chi connectivity index (χ1v) is 6.28. The van der Waals surface area contributed by atoms with Gasteiger partial charge in [0.1, 0.15) is 6.54 Å². The Morgan fingerprint density at radius 2 is 2.06 bits per heavy atom. The van der Waals surface area contributed by atoms with Gasteiger partial charge in [-0.2, -0.15) is 0 Å². The fourth-order valence-corrected chi connectivity index (χ4v) is 1.97. The highest BCUT2D eigenvalue weighted by atomic mass is 16.2. The summed E-state index contributed by atoms with van der Waals surface area (Å²) in [4.78, 5) is 23.5. The summed E-state index contributed by atoms with van der Waals surface area (Å²) in [5, 5.41) is 2.87. The average Bonchev–Trinajstić information content (AvgIpc) is 3.20. The summed E-state index contributed by atoms with van der Waals surface area (Å²) in [5.74, 6) is 0.610. The van der Waals surface area contributed by atoms with Gasteiger partial charge in [-0.3, -0.25) is 13.9 Å². The summed E-state index contributed by atoms with van der Waals surface area (Å²) >= 11 is 0. The number of hydrogen-bond donors (Lipinski definition) is 1. The van der Waals surface area contributed by atoms with Crippen molar-refractivity contribution >= 4 is 5.91 Å². The molecule has 1 N–H and O–H groups in total. The lowest BCUT2D eigenvalue weighted by molar-refractivity contribution is -0.121. The molecule has 17 heavy (non-hydrogen) atoms. The summed E-state index contributed by atoms with van der Waals surface area (Å²) in [7, 11) is 0. The molecule has 1 aromatic rings. The van der Waals surface area contributed by atoms with Crippen molar-refractivity contribution in [1.29, 1.82) is 0 Å². The molecule has 1 aromatic heterocycles. The monoisotopic (exact) mass is 235 g/mol. The van der Waals surface area contributed by atoms with Gasteiger partial charge in [-0.05, 0) is 31.6 Å². The van der Waals surface area contributed by atoms with E-state index in [1.165, 1.54) is 17.4 Å². The van der Waals surface area contributed by atoms with Crippen LogP contribution in [-0.4, -0.2) is 21.6 Å². The van der Waals surface area contributed by atoms with E-state index in [2.05, 4.69) is 5.32 Å².